The van der Waals surface area contributed by atoms with Crippen LogP contribution in [0.15, 0.2) is 67.0 Å². The number of aliphatic hydroxyl groups excluding tert-OH is 2. The molecular formula is C40H48ClFN4O5. The summed E-state index contributed by atoms with van der Waals surface area (Å²) in [5.41, 5.74) is 11.2. The van der Waals surface area contributed by atoms with Gasteiger partial charge >= 0.3 is 0 Å². The van der Waals surface area contributed by atoms with Crippen LogP contribution >= 0.6 is 11.6 Å². The number of nitrogens with zero attached hydrogens (tertiary/aromatic N) is 3. The van der Waals surface area contributed by atoms with Gasteiger partial charge in [0.2, 0.25) is 0 Å². The number of hydrogen-bond acceptors (Lipinski definition) is 9. The number of pyridine rings is 1. The standard InChI is InChI=1S/C40H48ClFN4O5/c1-27-29(7-2-10-34(27)35-11-3-12-37(40(35)42)49-16-6-15-45-13-4-8-32(45)23-47)26-51-39-19-38(50-25-28-17-31(43)21-44-20-28)30(18-36(39)41)22-46-14-5-9-33(46)24-48/h2-3,7,10-12,17-21,32-33,47-48H,4-6,8-9,13-16,22-26,43H2,1H3/t32-,33-/m1/s1. The van der Waals surface area contributed by atoms with E-state index >= 15 is 4.39 Å². The van der Waals surface area contributed by atoms with Gasteiger partial charge in [0, 0.05) is 60.3 Å². The van der Waals surface area contributed by atoms with Crippen LogP contribution in [0.3, 0.4) is 0 Å². The van der Waals surface area contributed by atoms with E-state index in [4.69, 9.17) is 31.5 Å². The summed E-state index contributed by atoms with van der Waals surface area (Å²) < 4.78 is 34.4. The van der Waals surface area contributed by atoms with Crippen LogP contribution in [0.2, 0.25) is 5.02 Å². The number of ether oxygens (including phenoxy) is 3. The second-order valence-electron chi connectivity index (χ2n) is 13.5. The molecule has 11 heteroatoms. The Morgan fingerprint density at radius 1 is 0.843 bits per heavy atom. The van der Waals surface area contributed by atoms with Crippen LogP contribution in [0.1, 0.15) is 54.4 Å². The molecule has 0 bridgehead atoms. The fraction of sp³-hybridized carbons (Fsp3) is 0.425. The lowest BCUT2D eigenvalue weighted by Gasteiger charge is -2.24. The minimum atomic E-state index is -0.398. The molecule has 4 aromatic rings. The summed E-state index contributed by atoms with van der Waals surface area (Å²) in [5.74, 6) is 0.914. The summed E-state index contributed by atoms with van der Waals surface area (Å²) in [6, 6.07) is 16.8. The van der Waals surface area contributed by atoms with Gasteiger partial charge in [0.25, 0.3) is 0 Å². The van der Waals surface area contributed by atoms with Crippen molar-refractivity contribution < 1.29 is 28.8 Å². The third-order valence-electron chi connectivity index (χ3n) is 10.0. The van der Waals surface area contributed by atoms with Crippen LogP contribution in [0.4, 0.5) is 10.1 Å². The number of nitrogen functional groups attached to an aromatic ring is 1. The van der Waals surface area contributed by atoms with Crippen molar-refractivity contribution in [1.82, 2.24) is 14.8 Å². The van der Waals surface area contributed by atoms with E-state index in [-0.39, 0.29) is 44.3 Å². The molecule has 3 heterocycles. The van der Waals surface area contributed by atoms with Gasteiger partial charge in [-0.15, -0.1) is 0 Å². The summed E-state index contributed by atoms with van der Waals surface area (Å²) >= 11 is 6.82. The number of hydrogen-bond donors (Lipinski definition) is 3. The predicted molar refractivity (Wildman–Crippen MR) is 198 cm³/mol. The minimum absolute atomic E-state index is 0.0957. The SMILES string of the molecule is Cc1c(COc2cc(OCc3cncc(N)c3)c(CN3CCC[C@@H]3CO)cc2Cl)cccc1-c1cccc(OCCCN2CCC[C@@H]2CO)c1F. The maximum atomic E-state index is 15.9. The molecule has 3 aromatic carbocycles. The van der Waals surface area contributed by atoms with Crippen LogP contribution < -0.4 is 19.9 Å². The Morgan fingerprint density at radius 3 is 2.35 bits per heavy atom. The Labute approximate surface area is 304 Å². The van der Waals surface area contributed by atoms with Gasteiger partial charge < -0.3 is 30.2 Å². The summed E-state index contributed by atoms with van der Waals surface area (Å²) in [7, 11) is 0. The Balaban J connectivity index is 1.16. The summed E-state index contributed by atoms with van der Waals surface area (Å²) in [6.45, 7) is 6.35. The Morgan fingerprint density at radius 2 is 1.57 bits per heavy atom. The van der Waals surface area contributed by atoms with E-state index < -0.39 is 5.82 Å². The smallest absolute Gasteiger partial charge is 0.172 e. The van der Waals surface area contributed by atoms with Gasteiger partial charge in [-0.25, -0.2) is 4.39 Å². The molecule has 2 atom stereocenters. The Bertz CT molecular complexity index is 1780. The monoisotopic (exact) mass is 718 g/mol. The summed E-state index contributed by atoms with van der Waals surface area (Å²) in [5, 5.41) is 19.9. The molecule has 2 saturated heterocycles. The molecule has 6 rings (SSSR count). The van der Waals surface area contributed by atoms with Crippen molar-refractivity contribution in [1.29, 1.82) is 0 Å². The lowest BCUT2D eigenvalue weighted by Crippen LogP contribution is -2.33. The van der Waals surface area contributed by atoms with Crippen molar-refractivity contribution in [3.05, 3.63) is 100 Å². The molecule has 0 unspecified atom stereocenters. The van der Waals surface area contributed by atoms with Gasteiger partial charge in [0.15, 0.2) is 11.6 Å². The van der Waals surface area contributed by atoms with E-state index in [0.717, 1.165) is 79.6 Å². The molecule has 4 N–H and O–H groups in total. The van der Waals surface area contributed by atoms with E-state index in [1.165, 1.54) is 0 Å². The van der Waals surface area contributed by atoms with Crippen molar-refractivity contribution in [2.45, 2.75) is 70.9 Å². The number of aliphatic hydroxyl groups is 2. The average molecular weight is 719 g/mol. The van der Waals surface area contributed by atoms with Gasteiger partial charge in [0.1, 0.15) is 24.7 Å². The van der Waals surface area contributed by atoms with Crippen LogP contribution in [0.25, 0.3) is 11.1 Å². The molecule has 0 radical (unpaired) electrons. The molecule has 1 aromatic heterocycles. The highest BCUT2D eigenvalue weighted by atomic mass is 35.5. The zero-order valence-electron chi connectivity index (χ0n) is 29.2. The third kappa shape index (κ3) is 9.12. The largest absolute Gasteiger partial charge is 0.490 e. The number of nitrogens with two attached hydrogens (primary N) is 1. The molecule has 51 heavy (non-hydrogen) atoms. The number of benzene rings is 3. The van der Waals surface area contributed by atoms with E-state index in [2.05, 4.69) is 14.8 Å². The first-order chi connectivity index (χ1) is 24.8. The number of halogens is 2. The van der Waals surface area contributed by atoms with Crippen LogP contribution in [-0.2, 0) is 19.8 Å². The second kappa shape index (κ2) is 17.5. The first kappa shape index (κ1) is 36.8. The quantitative estimate of drug-likeness (QED) is 0.108. The first-order valence-electron chi connectivity index (χ1n) is 17.8. The van der Waals surface area contributed by atoms with Gasteiger partial charge in [-0.3, -0.25) is 14.8 Å². The molecule has 0 amide bonds. The zero-order chi connectivity index (χ0) is 35.7. The third-order valence-corrected chi connectivity index (χ3v) is 10.3. The van der Waals surface area contributed by atoms with Crippen molar-refractivity contribution in [3.8, 4) is 28.4 Å². The van der Waals surface area contributed by atoms with Gasteiger partial charge in [-0.1, -0.05) is 41.9 Å². The molecule has 2 aliphatic heterocycles. The fourth-order valence-corrected chi connectivity index (χ4v) is 7.43. The van der Waals surface area contributed by atoms with E-state index in [1.54, 1.807) is 24.5 Å². The molecule has 0 saturated carbocycles. The van der Waals surface area contributed by atoms with E-state index in [9.17, 15) is 10.2 Å². The van der Waals surface area contributed by atoms with Crippen molar-refractivity contribution >= 4 is 17.3 Å². The molecule has 272 valence electrons. The van der Waals surface area contributed by atoms with Gasteiger partial charge in [0.05, 0.1) is 30.5 Å². The molecule has 2 fully saturated rings. The van der Waals surface area contributed by atoms with E-state index in [0.29, 0.717) is 40.9 Å². The second-order valence-corrected chi connectivity index (χ2v) is 13.9. The highest BCUT2D eigenvalue weighted by Gasteiger charge is 2.26. The maximum Gasteiger partial charge on any atom is 0.172 e. The first-order valence-corrected chi connectivity index (χ1v) is 18.2. The van der Waals surface area contributed by atoms with Crippen molar-refractivity contribution in [3.63, 3.8) is 0 Å². The lowest BCUT2D eigenvalue weighted by atomic mass is 9.96. The number of rotatable bonds is 16. The molecular weight excluding hydrogens is 671 g/mol. The highest BCUT2D eigenvalue weighted by Crippen LogP contribution is 2.37. The normalized spacial score (nSPS) is 18.0. The van der Waals surface area contributed by atoms with Crippen LogP contribution in [0.5, 0.6) is 17.2 Å². The zero-order valence-corrected chi connectivity index (χ0v) is 30.0. The Hall–Kier alpha value is -3.93. The average Bonchev–Trinajstić information content (AvgIpc) is 3.79. The lowest BCUT2D eigenvalue weighted by molar-refractivity contribution is 0.150. The summed E-state index contributed by atoms with van der Waals surface area (Å²) in [4.78, 5) is 8.70. The summed E-state index contributed by atoms with van der Waals surface area (Å²) in [6.07, 6.45) is 8.14. The van der Waals surface area contributed by atoms with Gasteiger partial charge in [-0.05, 0) is 87.0 Å². The van der Waals surface area contributed by atoms with Crippen LogP contribution in [0, 0.1) is 12.7 Å². The highest BCUT2D eigenvalue weighted by molar-refractivity contribution is 6.32. The number of likely N-dealkylation sites (tertiary alicyclic amines) is 2. The predicted octanol–water partition coefficient (Wildman–Crippen LogP) is 6.77. The number of anilines is 1. The topological polar surface area (TPSA) is 114 Å². The van der Waals surface area contributed by atoms with Crippen molar-refractivity contribution in [2.75, 3.05) is 45.2 Å². The number of aromatic nitrogens is 1. The Kier molecular flexibility index (Phi) is 12.7. The molecule has 0 spiro atoms. The van der Waals surface area contributed by atoms with Crippen molar-refractivity contribution in [2.24, 2.45) is 0 Å². The van der Waals surface area contributed by atoms with E-state index in [1.807, 2.05) is 49.4 Å². The fourth-order valence-electron chi connectivity index (χ4n) is 7.18. The van der Waals surface area contributed by atoms with Gasteiger partial charge in [-0.2, -0.15) is 0 Å². The molecule has 2 aliphatic rings. The molecule has 9 nitrogen and oxygen atoms in total. The van der Waals surface area contributed by atoms with Crippen LogP contribution in [-0.4, -0.2) is 76.5 Å². The minimum Gasteiger partial charge on any atom is -0.490 e. The molecule has 0 aliphatic carbocycles. The maximum absolute atomic E-state index is 15.9.